The SMILES string of the molecule is C=O.CCOC.CNc1ccc(OCc2ccc(F)cc2)cc1C. The minimum Gasteiger partial charge on any atom is -0.489 e. The number of benzene rings is 2. The summed E-state index contributed by atoms with van der Waals surface area (Å²) >= 11 is 0. The van der Waals surface area contributed by atoms with Crippen LogP contribution in [0.1, 0.15) is 18.1 Å². The molecule has 0 fully saturated rings. The van der Waals surface area contributed by atoms with Gasteiger partial charge in [-0.25, -0.2) is 4.39 Å². The van der Waals surface area contributed by atoms with Crippen molar-refractivity contribution in [1.29, 1.82) is 0 Å². The third-order valence-electron chi connectivity index (χ3n) is 3.07. The fourth-order valence-corrected chi connectivity index (χ4v) is 1.75. The molecule has 24 heavy (non-hydrogen) atoms. The summed E-state index contributed by atoms with van der Waals surface area (Å²) < 4.78 is 22.9. The molecule has 2 aromatic rings. The van der Waals surface area contributed by atoms with Crippen LogP contribution < -0.4 is 10.1 Å². The molecule has 0 aromatic heterocycles. The van der Waals surface area contributed by atoms with Gasteiger partial charge < -0.3 is 19.6 Å². The van der Waals surface area contributed by atoms with E-state index in [-0.39, 0.29) is 5.82 Å². The number of methoxy groups -OCH3 is 1. The first-order chi connectivity index (χ1) is 11.6. The zero-order chi connectivity index (χ0) is 18.4. The normalized spacial score (nSPS) is 9.04. The number of aryl methyl sites for hydroxylation is 1. The third-order valence-corrected chi connectivity index (χ3v) is 3.07. The minimum atomic E-state index is -0.229. The molecular formula is C19H26FNO3. The van der Waals surface area contributed by atoms with Gasteiger partial charge >= 0.3 is 0 Å². The van der Waals surface area contributed by atoms with Crippen LogP contribution in [0.5, 0.6) is 5.75 Å². The molecule has 0 aliphatic carbocycles. The van der Waals surface area contributed by atoms with Gasteiger partial charge in [0.1, 0.15) is 25.0 Å². The van der Waals surface area contributed by atoms with E-state index in [4.69, 9.17) is 9.53 Å². The Balaban J connectivity index is 0.000000773. The lowest BCUT2D eigenvalue weighted by molar-refractivity contribution is -0.0979. The van der Waals surface area contributed by atoms with Crippen LogP contribution in [-0.2, 0) is 16.1 Å². The number of ether oxygens (including phenoxy) is 2. The molecule has 0 bridgehead atoms. The number of carbonyl (C=O) groups excluding carboxylic acids is 1. The highest BCUT2D eigenvalue weighted by Crippen LogP contribution is 2.21. The fourth-order valence-electron chi connectivity index (χ4n) is 1.75. The number of rotatable bonds is 5. The predicted molar refractivity (Wildman–Crippen MR) is 96.1 cm³/mol. The highest BCUT2D eigenvalue weighted by atomic mass is 19.1. The Morgan fingerprint density at radius 3 is 2.17 bits per heavy atom. The summed E-state index contributed by atoms with van der Waals surface area (Å²) in [4.78, 5) is 8.00. The monoisotopic (exact) mass is 335 g/mol. The lowest BCUT2D eigenvalue weighted by atomic mass is 10.2. The summed E-state index contributed by atoms with van der Waals surface area (Å²) in [6, 6.07) is 12.2. The van der Waals surface area contributed by atoms with Crippen LogP contribution in [0, 0.1) is 12.7 Å². The molecule has 0 saturated carbocycles. The molecule has 5 heteroatoms. The molecule has 0 spiro atoms. The summed E-state index contributed by atoms with van der Waals surface area (Å²) in [6.07, 6.45) is 0. The summed E-state index contributed by atoms with van der Waals surface area (Å²) in [5.74, 6) is 0.587. The lowest BCUT2D eigenvalue weighted by Crippen LogP contribution is -1.97. The lowest BCUT2D eigenvalue weighted by Gasteiger charge is -2.10. The third kappa shape index (κ3) is 8.29. The topological polar surface area (TPSA) is 47.6 Å². The average molecular weight is 335 g/mol. The van der Waals surface area contributed by atoms with Gasteiger partial charge in [0.25, 0.3) is 0 Å². The summed E-state index contributed by atoms with van der Waals surface area (Å²) in [6.45, 7) is 7.25. The molecule has 2 aromatic carbocycles. The summed E-state index contributed by atoms with van der Waals surface area (Å²) in [5, 5.41) is 3.11. The summed E-state index contributed by atoms with van der Waals surface area (Å²) in [5.41, 5.74) is 3.17. The van der Waals surface area contributed by atoms with Crippen LogP contribution >= 0.6 is 0 Å². The number of anilines is 1. The van der Waals surface area contributed by atoms with Crippen molar-refractivity contribution in [3.05, 3.63) is 59.4 Å². The van der Waals surface area contributed by atoms with E-state index < -0.39 is 0 Å². The van der Waals surface area contributed by atoms with Crippen molar-refractivity contribution in [3.63, 3.8) is 0 Å². The van der Waals surface area contributed by atoms with E-state index in [0.29, 0.717) is 6.61 Å². The molecule has 0 radical (unpaired) electrons. The van der Waals surface area contributed by atoms with Gasteiger partial charge in [0.05, 0.1) is 0 Å². The van der Waals surface area contributed by atoms with Crippen molar-refractivity contribution in [1.82, 2.24) is 0 Å². The van der Waals surface area contributed by atoms with Gasteiger partial charge in [-0.15, -0.1) is 0 Å². The van der Waals surface area contributed by atoms with Gasteiger partial charge in [-0.1, -0.05) is 12.1 Å². The Kier molecular flexibility index (Phi) is 11.8. The van der Waals surface area contributed by atoms with E-state index in [9.17, 15) is 4.39 Å². The second-order valence-corrected chi connectivity index (χ2v) is 4.72. The van der Waals surface area contributed by atoms with Crippen LogP contribution in [0.25, 0.3) is 0 Å². The Hall–Kier alpha value is -2.40. The van der Waals surface area contributed by atoms with Gasteiger partial charge in [-0.3, -0.25) is 0 Å². The van der Waals surface area contributed by atoms with Gasteiger partial charge in [0.2, 0.25) is 0 Å². The van der Waals surface area contributed by atoms with Crippen molar-refractivity contribution >= 4 is 12.5 Å². The minimum absolute atomic E-state index is 0.229. The van der Waals surface area contributed by atoms with Gasteiger partial charge in [0.15, 0.2) is 0 Å². The zero-order valence-corrected chi connectivity index (χ0v) is 14.8. The number of hydrogen-bond donors (Lipinski definition) is 1. The highest BCUT2D eigenvalue weighted by Gasteiger charge is 2.00. The first kappa shape index (κ1) is 21.6. The molecule has 0 heterocycles. The molecule has 4 nitrogen and oxygen atoms in total. The first-order valence-electron chi connectivity index (χ1n) is 7.54. The van der Waals surface area contributed by atoms with E-state index in [1.54, 1.807) is 19.2 Å². The molecule has 0 unspecified atom stereocenters. The molecule has 0 aliphatic heterocycles. The molecule has 0 aliphatic rings. The van der Waals surface area contributed by atoms with Crippen molar-refractivity contribution < 1.29 is 18.7 Å². The van der Waals surface area contributed by atoms with Crippen LogP contribution in [0.4, 0.5) is 10.1 Å². The fraction of sp³-hybridized carbons (Fsp3) is 0.316. The predicted octanol–water partition coefficient (Wildman–Crippen LogP) is 4.22. The van der Waals surface area contributed by atoms with E-state index in [0.717, 1.165) is 29.2 Å². The van der Waals surface area contributed by atoms with E-state index in [1.165, 1.54) is 12.1 Å². The molecule has 0 saturated heterocycles. The van der Waals surface area contributed by atoms with Gasteiger partial charge in [-0.05, 0) is 55.3 Å². The van der Waals surface area contributed by atoms with Crippen molar-refractivity contribution in [2.45, 2.75) is 20.5 Å². The number of carbonyl (C=O) groups is 1. The standard InChI is InChI=1S/C15H16FNO.C3H8O.CH2O/c1-11-9-14(7-8-15(11)17-2)18-10-12-3-5-13(16)6-4-12;1-3-4-2;1-2/h3-9,17H,10H2,1-2H3;3H2,1-2H3;1H2. The Morgan fingerprint density at radius 2 is 1.71 bits per heavy atom. The molecule has 0 amide bonds. The van der Waals surface area contributed by atoms with Crippen molar-refractivity contribution in [2.24, 2.45) is 0 Å². The highest BCUT2D eigenvalue weighted by molar-refractivity contribution is 5.53. The second kappa shape index (κ2) is 13.1. The molecular weight excluding hydrogens is 309 g/mol. The van der Waals surface area contributed by atoms with E-state index >= 15 is 0 Å². The largest absolute Gasteiger partial charge is 0.489 e. The molecule has 132 valence electrons. The molecule has 0 atom stereocenters. The Labute approximate surface area is 143 Å². The smallest absolute Gasteiger partial charge is 0.123 e. The number of hydrogen-bond acceptors (Lipinski definition) is 4. The quantitative estimate of drug-likeness (QED) is 0.888. The van der Waals surface area contributed by atoms with Crippen LogP contribution in [0.3, 0.4) is 0 Å². The van der Waals surface area contributed by atoms with Gasteiger partial charge in [0, 0.05) is 26.5 Å². The van der Waals surface area contributed by atoms with E-state index in [1.807, 2.05) is 45.9 Å². The maximum absolute atomic E-state index is 12.7. The van der Waals surface area contributed by atoms with Crippen molar-refractivity contribution in [2.75, 3.05) is 26.1 Å². The Morgan fingerprint density at radius 1 is 1.12 bits per heavy atom. The van der Waals surface area contributed by atoms with Crippen LogP contribution in [0.2, 0.25) is 0 Å². The average Bonchev–Trinajstić information content (AvgIpc) is 2.63. The first-order valence-corrected chi connectivity index (χ1v) is 7.54. The maximum atomic E-state index is 12.7. The number of halogens is 1. The van der Waals surface area contributed by atoms with Crippen molar-refractivity contribution in [3.8, 4) is 5.75 Å². The Bertz CT molecular complexity index is 571. The molecule has 1 N–H and O–H groups in total. The number of nitrogens with one attached hydrogen (secondary N) is 1. The summed E-state index contributed by atoms with van der Waals surface area (Å²) in [7, 11) is 3.57. The zero-order valence-electron chi connectivity index (χ0n) is 14.8. The van der Waals surface area contributed by atoms with Crippen LogP contribution in [0.15, 0.2) is 42.5 Å². The van der Waals surface area contributed by atoms with Gasteiger partial charge in [-0.2, -0.15) is 0 Å². The second-order valence-electron chi connectivity index (χ2n) is 4.72. The van der Waals surface area contributed by atoms with E-state index in [2.05, 4.69) is 10.1 Å². The van der Waals surface area contributed by atoms with Crippen LogP contribution in [-0.4, -0.2) is 27.6 Å². The molecule has 2 rings (SSSR count). The maximum Gasteiger partial charge on any atom is 0.123 e.